The van der Waals surface area contributed by atoms with Gasteiger partial charge >= 0.3 is 11.7 Å². The van der Waals surface area contributed by atoms with Gasteiger partial charge in [-0.15, -0.1) is 0 Å². The quantitative estimate of drug-likeness (QED) is 0.536. The average Bonchev–Trinajstić information content (AvgIpc) is 2.95. The lowest BCUT2D eigenvalue weighted by atomic mass is 9.91. The first kappa shape index (κ1) is 19.4. The topological polar surface area (TPSA) is 103 Å². The van der Waals surface area contributed by atoms with Crippen LogP contribution in [0, 0.1) is 25.2 Å². The predicted octanol–water partition coefficient (Wildman–Crippen LogP) is 3.25. The largest absolute Gasteiger partial charge is 0.422 e. The summed E-state index contributed by atoms with van der Waals surface area (Å²) in [6, 6.07) is 13.0. The number of rotatable bonds is 3. The van der Waals surface area contributed by atoms with Gasteiger partial charge in [0.15, 0.2) is 0 Å². The summed E-state index contributed by atoms with van der Waals surface area (Å²) in [5, 5.41) is 12.4. The molecule has 7 nitrogen and oxygen atoms in total. The first-order valence-corrected chi connectivity index (χ1v) is 9.42. The molecule has 3 amide bonds. The van der Waals surface area contributed by atoms with E-state index in [0.29, 0.717) is 27.7 Å². The molecule has 0 aliphatic carbocycles. The Labute approximate surface area is 172 Å². The van der Waals surface area contributed by atoms with Gasteiger partial charge in [-0.3, -0.25) is 9.69 Å². The van der Waals surface area contributed by atoms with Crippen molar-refractivity contribution >= 4 is 22.9 Å². The van der Waals surface area contributed by atoms with Gasteiger partial charge in [0.25, 0.3) is 5.91 Å². The zero-order chi connectivity index (χ0) is 21.6. The average molecular weight is 401 g/mol. The third-order valence-corrected chi connectivity index (χ3v) is 5.71. The number of urea groups is 1. The predicted molar refractivity (Wildman–Crippen MR) is 110 cm³/mol. The van der Waals surface area contributed by atoms with Crippen LogP contribution in [-0.2, 0) is 16.9 Å². The van der Waals surface area contributed by atoms with Gasteiger partial charge in [-0.25, -0.2) is 9.59 Å². The molecule has 1 saturated heterocycles. The maximum Gasteiger partial charge on any atom is 0.336 e. The van der Waals surface area contributed by atoms with Crippen LogP contribution >= 0.6 is 0 Å². The van der Waals surface area contributed by atoms with E-state index in [1.165, 1.54) is 6.07 Å². The number of fused-ring (bicyclic) bond motifs is 1. The molecule has 0 bridgehead atoms. The molecule has 0 radical (unpaired) electrons. The molecule has 1 N–H and O–H groups in total. The summed E-state index contributed by atoms with van der Waals surface area (Å²) in [6.45, 7) is 5.35. The van der Waals surface area contributed by atoms with Gasteiger partial charge in [0.05, 0.1) is 18.2 Å². The second-order valence-electron chi connectivity index (χ2n) is 7.61. The number of carbonyl (C=O) groups is 2. The van der Waals surface area contributed by atoms with Gasteiger partial charge in [0.1, 0.15) is 11.1 Å². The highest BCUT2D eigenvalue weighted by atomic mass is 16.4. The number of nitrogens with one attached hydrogen (secondary N) is 1. The van der Waals surface area contributed by atoms with Crippen molar-refractivity contribution in [3.63, 3.8) is 0 Å². The molecule has 150 valence electrons. The number of hydrogen-bond donors (Lipinski definition) is 1. The van der Waals surface area contributed by atoms with Gasteiger partial charge in [-0.2, -0.15) is 5.26 Å². The maximum absolute atomic E-state index is 13.2. The molecule has 0 saturated carbocycles. The van der Waals surface area contributed by atoms with Crippen molar-refractivity contribution in [2.45, 2.75) is 32.9 Å². The van der Waals surface area contributed by atoms with Gasteiger partial charge in [-0.05, 0) is 55.2 Å². The smallest absolute Gasteiger partial charge is 0.336 e. The number of nitrogens with zero attached hydrogens (tertiary/aromatic N) is 2. The van der Waals surface area contributed by atoms with Crippen LogP contribution in [0.15, 0.2) is 51.7 Å². The van der Waals surface area contributed by atoms with Crippen molar-refractivity contribution in [1.29, 1.82) is 5.26 Å². The van der Waals surface area contributed by atoms with Crippen LogP contribution in [0.25, 0.3) is 11.0 Å². The minimum absolute atomic E-state index is 0.0544. The Morgan fingerprint density at radius 2 is 1.80 bits per heavy atom. The third-order valence-electron chi connectivity index (χ3n) is 5.71. The molecule has 1 atom stereocenters. The van der Waals surface area contributed by atoms with Crippen LogP contribution in [0.2, 0.25) is 0 Å². The van der Waals surface area contributed by atoms with Crippen LogP contribution in [0.4, 0.5) is 4.79 Å². The molecule has 3 aromatic rings. The van der Waals surface area contributed by atoms with E-state index in [1.54, 1.807) is 31.2 Å². The molecule has 4 rings (SSSR count). The van der Waals surface area contributed by atoms with Gasteiger partial charge in [-0.1, -0.05) is 24.3 Å². The van der Waals surface area contributed by atoms with Crippen molar-refractivity contribution in [3.05, 3.63) is 80.7 Å². The number of benzene rings is 2. The highest BCUT2D eigenvalue weighted by Gasteiger charge is 2.49. The summed E-state index contributed by atoms with van der Waals surface area (Å²) in [6.07, 6.45) is 0. The zero-order valence-corrected chi connectivity index (χ0v) is 16.8. The minimum atomic E-state index is -1.26. The van der Waals surface area contributed by atoms with Crippen LogP contribution < -0.4 is 10.9 Å². The van der Waals surface area contributed by atoms with Crippen LogP contribution in [0.3, 0.4) is 0 Å². The van der Waals surface area contributed by atoms with Crippen molar-refractivity contribution in [2.24, 2.45) is 0 Å². The Morgan fingerprint density at radius 3 is 2.47 bits per heavy atom. The highest BCUT2D eigenvalue weighted by Crippen LogP contribution is 2.31. The highest BCUT2D eigenvalue weighted by molar-refractivity contribution is 6.07. The zero-order valence-electron chi connectivity index (χ0n) is 16.8. The Hall–Kier alpha value is -3.92. The van der Waals surface area contributed by atoms with Gasteiger partial charge in [0.2, 0.25) is 0 Å². The monoisotopic (exact) mass is 401 g/mol. The lowest BCUT2D eigenvalue weighted by Gasteiger charge is -2.22. The summed E-state index contributed by atoms with van der Waals surface area (Å²) in [7, 11) is 0. The fourth-order valence-electron chi connectivity index (χ4n) is 3.74. The minimum Gasteiger partial charge on any atom is -0.422 e. The number of imide groups is 1. The van der Waals surface area contributed by atoms with E-state index >= 15 is 0 Å². The standard InChI is InChI=1S/C23H19N3O4/c1-13-4-9-18-16(10-19(27)30-20(18)14(13)2)12-26-21(28)23(3,25-22(26)29)17-7-5-15(11-24)6-8-17/h4-10H,12H2,1-3H3,(H,25,29). The summed E-state index contributed by atoms with van der Waals surface area (Å²) < 4.78 is 5.38. The van der Waals surface area contributed by atoms with E-state index in [1.807, 2.05) is 32.0 Å². The SMILES string of the molecule is Cc1ccc2c(CN3C(=O)NC(C)(c4ccc(C#N)cc4)C3=O)cc(=O)oc2c1C. The Bertz CT molecular complexity index is 1300. The second kappa shape index (κ2) is 6.85. The molecule has 1 unspecified atom stereocenters. The Kier molecular flexibility index (Phi) is 4.43. The molecule has 7 heteroatoms. The number of carbonyl (C=O) groups excluding carboxylic acids is 2. The number of hydrogen-bond acceptors (Lipinski definition) is 5. The number of amides is 3. The lowest BCUT2D eigenvalue weighted by Crippen LogP contribution is -2.40. The summed E-state index contributed by atoms with van der Waals surface area (Å²) in [5.41, 5.74) is 2.06. The molecule has 2 aromatic carbocycles. The van der Waals surface area contributed by atoms with Crippen molar-refractivity contribution in [1.82, 2.24) is 10.2 Å². The molecule has 1 fully saturated rings. The molecule has 1 aliphatic heterocycles. The van der Waals surface area contributed by atoms with E-state index < -0.39 is 23.1 Å². The van der Waals surface area contributed by atoms with E-state index in [0.717, 1.165) is 16.0 Å². The molecule has 30 heavy (non-hydrogen) atoms. The second-order valence-corrected chi connectivity index (χ2v) is 7.61. The van der Waals surface area contributed by atoms with E-state index in [-0.39, 0.29) is 6.54 Å². The normalized spacial score (nSPS) is 18.5. The molecular weight excluding hydrogens is 382 g/mol. The number of nitriles is 1. The summed E-state index contributed by atoms with van der Waals surface area (Å²) in [4.78, 5) is 39.1. The van der Waals surface area contributed by atoms with Crippen LogP contribution in [0.1, 0.15) is 34.7 Å². The summed E-state index contributed by atoms with van der Waals surface area (Å²) in [5.74, 6) is -0.428. The molecule has 0 spiro atoms. The molecule has 1 aliphatic rings. The van der Waals surface area contributed by atoms with E-state index in [9.17, 15) is 14.4 Å². The Morgan fingerprint density at radius 1 is 1.10 bits per heavy atom. The fraction of sp³-hybridized carbons (Fsp3) is 0.217. The van der Waals surface area contributed by atoms with E-state index in [2.05, 4.69) is 5.32 Å². The van der Waals surface area contributed by atoms with Crippen molar-refractivity contribution in [2.75, 3.05) is 0 Å². The lowest BCUT2D eigenvalue weighted by molar-refractivity contribution is -0.131. The van der Waals surface area contributed by atoms with Gasteiger partial charge < -0.3 is 9.73 Å². The van der Waals surface area contributed by atoms with E-state index in [4.69, 9.17) is 9.68 Å². The first-order chi connectivity index (χ1) is 14.2. The summed E-state index contributed by atoms with van der Waals surface area (Å²) >= 11 is 0. The first-order valence-electron chi connectivity index (χ1n) is 9.42. The van der Waals surface area contributed by atoms with Crippen molar-refractivity contribution in [3.8, 4) is 6.07 Å². The molecule has 2 heterocycles. The van der Waals surface area contributed by atoms with Crippen molar-refractivity contribution < 1.29 is 14.0 Å². The maximum atomic E-state index is 13.2. The third kappa shape index (κ3) is 2.94. The fourth-order valence-corrected chi connectivity index (χ4v) is 3.74. The molecule has 1 aromatic heterocycles. The van der Waals surface area contributed by atoms with Gasteiger partial charge in [0, 0.05) is 11.5 Å². The Balaban J connectivity index is 1.73. The molecular formula is C23H19N3O4. The van der Waals surface area contributed by atoms with Crippen LogP contribution in [0.5, 0.6) is 0 Å². The number of aryl methyl sites for hydroxylation is 2. The van der Waals surface area contributed by atoms with Crippen LogP contribution in [-0.4, -0.2) is 16.8 Å².